The topological polar surface area (TPSA) is 50.2 Å². The van der Waals surface area contributed by atoms with Gasteiger partial charge >= 0.3 is 0 Å². The molecule has 0 unspecified atom stereocenters. The van der Waals surface area contributed by atoms with Gasteiger partial charge in [-0.1, -0.05) is 32.9 Å². The van der Waals surface area contributed by atoms with Gasteiger partial charge in [-0.25, -0.2) is 4.68 Å². The quantitative estimate of drug-likeness (QED) is 0.839. The van der Waals surface area contributed by atoms with Gasteiger partial charge in [0.15, 0.2) is 0 Å². The van der Waals surface area contributed by atoms with Crippen molar-refractivity contribution in [1.29, 1.82) is 0 Å². The highest BCUT2D eigenvalue weighted by Gasteiger charge is 2.26. The van der Waals surface area contributed by atoms with Gasteiger partial charge in [-0.3, -0.25) is 9.69 Å². The van der Waals surface area contributed by atoms with Crippen LogP contribution in [0.3, 0.4) is 0 Å². The van der Waals surface area contributed by atoms with Crippen molar-refractivity contribution in [3.05, 3.63) is 46.6 Å². The fraction of sp³-hybridized carbons (Fsp3) is 0.565. The smallest absolute Gasteiger partial charge is 0.230 e. The average molecular weight is 383 g/mol. The second-order valence-electron chi connectivity index (χ2n) is 9.24. The van der Waals surface area contributed by atoms with Gasteiger partial charge in [0.05, 0.1) is 12.2 Å². The number of aryl methyl sites for hydroxylation is 3. The number of benzene rings is 1. The lowest BCUT2D eigenvalue weighted by atomic mass is 9.96. The third-order valence-electron chi connectivity index (χ3n) is 5.84. The molecule has 1 saturated heterocycles. The fourth-order valence-corrected chi connectivity index (χ4v) is 3.76. The Morgan fingerprint density at radius 2 is 1.75 bits per heavy atom. The number of piperidine rings is 1. The standard InChI is InChI=1S/C23H34N4O/c1-16-13-18(3)19(14-17(16)2)15-26-11-8-20(9-12-26)27-21(7-10-24-27)25-22(28)23(4,5)6/h7,10,13-14,20H,8-9,11-12,15H2,1-6H3,(H,25,28). The van der Waals surface area contributed by atoms with Gasteiger partial charge < -0.3 is 5.32 Å². The van der Waals surface area contributed by atoms with Crippen LogP contribution in [-0.2, 0) is 11.3 Å². The van der Waals surface area contributed by atoms with Gasteiger partial charge in [-0.2, -0.15) is 5.10 Å². The van der Waals surface area contributed by atoms with Crippen molar-refractivity contribution in [1.82, 2.24) is 14.7 Å². The van der Waals surface area contributed by atoms with E-state index >= 15 is 0 Å². The summed E-state index contributed by atoms with van der Waals surface area (Å²) in [6, 6.07) is 6.87. The van der Waals surface area contributed by atoms with E-state index in [1.54, 1.807) is 6.20 Å². The molecule has 5 nitrogen and oxygen atoms in total. The number of anilines is 1. The fourth-order valence-electron chi connectivity index (χ4n) is 3.76. The van der Waals surface area contributed by atoms with E-state index in [9.17, 15) is 4.79 Å². The van der Waals surface area contributed by atoms with E-state index in [4.69, 9.17) is 0 Å². The maximum Gasteiger partial charge on any atom is 0.230 e. The van der Waals surface area contributed by atoms with Crippen LogP contribution in [0.25, 0.3) is 0 Å². The normalized spacial score (nSPS) is 16.4. The molecule has 1 aliphatic heterocycles. The van der Waals surface area contributed by atoms with Crippen molar-refractivity contribution >= 4 is 11.7 Å². The molecular weight excluding hydrogens is 348 g/mol. The molecule has 28 heavy (non-hydrogen) atoms. The van der Waals surface area contributed by atoms with Crippen molar-refractivity contribution in [3.63, 3.8) is 0 Å². The zero-order chi connectivity index (χ0) is 20.5. The molecule has 1 aliphatic rings. The number of nitrogens with one attached hydrogen (secondary N) is 1. The number of hydrogen-bond acceptors (Lipinski definition) is 3. The molecule has 0 bridgehead atoms. The van der Waals surface area contributed by atoms with Crippen LogP contribution in [0.5, 0.6) is 0 Å². The Morgan fingerprint density at radius 3 is 2.39 bits per heavy atom. The monoisotopic (exact) mass is 382 g/mol. The van der Waals surface area contributed by atoms with Crippen molar-refractivity contribution in [3.8, 4) is 0 Å². The van der Waals surface area contributed by atoms with Crippen LogP contribution >= 0.6 is 0 Å². The number of carbonyl (C=O) groups excluding carboxylic acids is 1. The van der Waals surface area contributed by atoms with Crippen LogP contribution in [0.4, 0.5) is 5.82 Å². The van der Waals surface area contributed by atoms with E-state index in [2.05, 4.69) is 48.2 Å². The van der Waals surface area contributed by atoms with Crippen LogP contribution in [-0.4, -0.2) is 33.7 Å². The van der Waals surface area contributed by atoms with Gasteiger partial charge in [-0.15, -0.1) is 0 Å². The molecular formula is C23H34N4O. The summed E-state index contributed by atoms with van der Waals surface area (Å²) in [6.45, 7) is 15.5. The summed E-state index contributed by atoms with van der Waals surface area (Å²) in [6.07, 6.45) is 3.87. The van der Waals surface area contributed by atoms with Crippen molar-refractivity contribution < 1.29 is 4.79 Å². The lowest BCUT2D eigenvalue weighted by Crippen LogP contribution is -2.35. The second-order valence-corrected chi connectivity index (χ2v) is 9.24. The number of aromatic nitrogens is 2. The van der Waals surface area contributed by atoms with Crippen molar-refractivity contribution in [2.75, 3.05) is 18.4 Å². The Labute approximate surface area is 169 Å². The zero-order valence-electron chi connectivity index (χ0n) is 18.2. The van der Waals surface area contributed by atoms with Crippen LogP contribution in [0.2, 0.25) is 0 Å². The second kappa shape index (κ2) is 8.08. The van der Waals surface area contributed by atoms with E-state index in [0.29, 0.717) is 6.04 Å². The number of amides is 1. The molecule has 0 radical (unpaired) electrons. The Kier molecular flexibility index (Phi) is 5.94. The number of likely N-dealkylation sites (tertiary alicyclic amines) is 1. The molecule has 0 atom stereocenters. The lowest BCUT2D eigenvalue weighted by molar-refractivity contribution is -0.123. The van der Waals surface area contributed by atoms with Crippen LogP contribution in [0.15, 0.2) is 24.4 Å². The number of hydrogen-bond donors (Lipinski definition) is 1. The first kappa shape index (κ1) is 20.6. The third-order valence-corrected chi connectivity index (χ3v) is 5.84. The molecule has 0 spiro atoms. The Bertz CT molecular complexity index is 839. The maximum atomic E-state index is 12.3. The average Bonchev–Trinajstić information content (AvgIpc) is 3.07. The minimum atomic E-state index is -0.414. The Balaban J connectivity index is 1.61. The SMILES string of the molecule is Cc1cc(C)c(CN2CCC(n3nccc3NC(=O)C(C)(C)C)CC2)cc1C. The predicted molar refractivity (Wildman–Crippen MR) is 115 cm³/mol. The summed E-state index contributed by atoms with van der Waals surface area (Å²) >= 11 is 0. The largest absolute Gasteiger partial charge is 0.310 e. The van der Waals surface area contributed by atoms with Crippen molar-refractivity contribution in [2.45, 2.75) is 67.0 Å². The van der Waals surface area contributed by atoms with Crippen molar-refractivity contribution in [2.24, 2.45) is 5.41 Å². The van der Waals surface area contributed by atoms with E-state index in [0.717, 1.165) is 38.3 Å². The van der Waals surface area contributed by atoms with Gasteiger partial charge in [-0.05, 0) is 55.9 Å². The Hall–Kier alpha value is -2.14. The molecule has 1 aromatic heterocycles. The summed E-state index contributed by atoms with van der Waals surface area (Å²) < 4.78 is 2.00. The highest BCUT2D eigenvalue weighted by atomic mass is 16.2. The van der Waals surface area contributed by atoms with Gasteiger partial charge in [0.25, 0.3) is 0 Å². The molecule has 1 amide bonds. The molecule has 0 saturated carbocycles. The first-order chi connectivity index (χ1) is 13.1. The molecule has 2 aromatic rings. The molecule has 5 heteroatoms. The molecule has 1 aromatic carbocycles. The summed E-state index contributed by atoms with van der Waals surface area (Å²) in [5.41, 5.74) is 5.13. The minimum Gasteiger partial charge on any atom is -0.310 e. The first-order valence-electron chi connectivity index (χ1n) is 10.3. The summed E-state index contributed by atoms with van der Waals surface area (Å²) in [4.78, 5) is 14.9. The third kappa shape index (κ3) is 4.64. The molecule has 152 valence electrons. The highest BCUT2D eigenvalue weighted by Crippen LogP contribution is 2.28. The zero-order valence-corrected chi connectivity index (χ0v) is 18.2. The van der Waals surface area contributed by atoms with Crippen LogP contribution in [0, 0.1) is 26.2 Å². The highest BCUT2D eigenvalue weighted by molar-refractivity contribution is 5.93. The summed E-state index contributed by atoms with van der Waals surface area (Å²) in [7, 11) is 0. The summed E-state index contributed by atoms with van der Waals surface area (Å²) in [5, 5.41) is 7.55. The van der Waals surface area contributed by atoms with E-state index in [1.165, 1.54) is 22.3 Å². The number of nitrogens with zero attached hydrogens (tertiary/aromatic N) is 3. The maximum absolute atomic E-state index is 12.3. The van der Waals surface area contributed by atoms with Gasteiger partial charge in [0, 0.05) is 31.1 Å². The van der Waals surface area contributed by atoms with Gasteiger partial charge in [0.2, 0.25) is 5.91 Å². The number of rotatable bonds is 4. The molecule has 3 rings (SSSR count). The van der Waals surface area contributed by atoms with Gasteiger partial charge in [0.1, 0.15) is 5.82 Å². The minimum absolute atomic E-state index is 0.0249. The number of carbonyl (C=O) groups is 1. The summed E-state index contributed by atoms with van der Waals surface area (Å²) in [5.74, 6) is 0.834. The first-order valence-corrected chi connectivity index (χ1v) is 10.3. The molecule has 1 fully saturated rings. The molecule has 2 heterocycles. The molecule has 0 aliphatic carbocycles. The van der Waals surface area contributed by atoms with E-state index < -0.39 is 5.41 Å². The van der Waals surface area contributed by atoms with Crippen LogP contribution < -0.4 is 5.32 Å². The van der Waals surface area contributed by atoms with E-state index in [1.807, 2.05) is 31.5 Å². The Morgan fingerprint density at radius 1 is 1.11 bits per heavy atom. The predicted octanol–water partition coefficient (Wildman–Crippen LogP) is 4.63. The van der Waals surface area contributed by atoms with Crippen LogP contribution in [0.1, 0.15) is 61.9 Å². The lowest BCUT2D eigenvalue weighted by Gasteiger charge is -2.33. The van der Waals surface area contributed by atoms with E-state index in [-0.39, 0.29) is 5.91 Å². The molecule has 1 N–H and O–H groups in total.